The Morgan fingerprint density at radius 1 is 1.33 bits per heavy atom. The van der Waals surface area contributed by atoms with Gasteiger partial charge < -0.3 is 15.4 Å². The van der Waals surface area contributed by atoms with Gasteiger partial charge in [0.05, 0.1) is 12.2 Å². The SMILES string of the molecule is O=C(Nc1cc(Cl)nc(Cl)n1)C1CNc2ccccc2O1. The van der Waals surface area contributed by atoms with Crippen LogP contribution in [0.2, 0.25) is 10.4 Å². The quantitative estimate of drug-likeness (QED) is 0.656. The topological polar surface area (TPSA) is 76.1 Å². The Kier molecular flexibility index (Phi) is 3.81. The number of nitrogens with one attached hydrogen (secondary N) is 2. The molecule has 1 amide bonds. The minimum absolute atomic E-state index is 0.0363. The highest BCUT2D eigenvalue weighted by molar-refractivity contribution is 6.32. The Balaban J connectivity index is 1.72. The van der Waals surface area contributed by atoms with E-state index < -0.39 is 6.10 Å². The first kappa shape index (κ1) is 13.9. The van der Waals surface area contributed by atoms with Gasteiger partial charge in [-0.3, -0.25) is 4.79 Å². The van der Waals surface area contributed by atoms with E-state index in [2.05, 4.69) is 20.6 Å². The lowest BCUT2D eigenvalue weighted by Crippen LogP contribution is -2.41. The van der Waals surface area contributed by atoms with Crippen molar-refractivity contribution in [3.05, 3.63) is 40.8 Å². The lowest BCUT2D eigenvalue weighted by atomic mass is 10.2. The molecule has 6 nitrogen and oxygen atoms in total. The molecule has 0 saturated carbocycles. The van der Waals surface area contributed by atoms with Gasteiger partial charge in [0.25, 0.3) is 5.91 Å². The maximum atomic E-state index is 12.2. The van der Waals surface area contributed by atoms with E-state index in [1.807, 2.05) is 18.2 Å². The normalized spacial score (nSPS) is 16.4. The molecule has 21 heavy (non-hydrogen) atoms. The van der Waals surface area contributed by atoms with Crippen molar-refractivity contribution in [1.82, 2.24) is 9.97 Å². The molecule has 2 heterocycles. The maximum absolute atomic E-state index is 12.2. The number of anilines is 2. The summed E-state index contributed by atoms with van der Waals surface area (Å²) in [7, 11) is 0. The van der Waals surface area contributed by atoms with E-state index in [1.54, 1.807) is 6.07 Å². The molecule has 0 fully saturated rings. The third kappa shape index (κ3) is 3.17. The lowest BCUT2D eigenvalue weighted by molar-refractivity contribution is -0.122. The number of aromatic nitrogens is 2. The molecule has 1 atom stereocenters. The predicted molar refractivity (Wildman–Crippen MR) is 80.0 cm³/mol. The van der Waals surface area contributed by atoms with Crippen LogP contribution in [-0.2, 0) is 4.79 Å². The van der Waals surface area contributed by atoms with E-state index in [1.165, 1.54) is 6.07 Å². The summed E-state index contributed by atoms with van der Waals surface area (Å²) in [5.74, 6) is 0.512. The van der Waals surface area contributed by atoms with E-state index >= 15 is 0 Å². The molecule has 0 radical (unpaired) electrons. The van der Waals surface area contributed by atoms with Gasteiger partial charge >= 0.3 is 0 Å². The molecule has 3 rings (SSSR count). The Labute approximate surface area is 130 Å². The highest BCUT2D eigenvalue weighted by Crippen LogP contribution is 2.28. The number of ether oxygens (including phenoxy) is 1. The second-order valence-corrected chi connectivity index (χ2v) is 5.04. The molecule has 1 aliphatic rings. The summed E-state index contributed by atoms with van der Waals surface area (Å²) < 4.78 is 5.64. The van der Waals surface area contributed by atoms with Gasteiger partial charge in [-0.2, -0.15) is 0 Å². The van der Waals surface area contributed by atoms with Crippen LogP contribution in [-0.4, -0.2) is 28.5 Å². The van der Waals surface area contributed by atoms with E-state index in [-0.39, 0.29) is 22.2 Å². The second-order valence-electron chi connectivity index (χ2n) is 4.32. The largest absolute Gasteiger partial charge is 0.477 e. The fraction of sp³-hybridized carbons (Fsp3) is 0.154. The zero-order valence-corrected chi connectivity index (χ0v) is 12.1. The van der Waals surface area contributed by atoms with Gasteiger partial charge in [0, 0.05) is 6.07 Å². The highest BCUT2D eigenvalue weighted by Gasteiger charge is 2.26. The molecule has 2 N–H and O–H groups in total. The van der Waals surface area contributed by atoms with Crippen molar-refractivity contribution in [2.45, 2.75) is 6.10 Å². The third-order valence-corrected chi connectivity index (χ3v) is 3.21. The molecule has 0 aliphatic carbocycles. The third-order valence-electron chi connectivity index (χ3n) is 2.85. The molecular weight excluding hydrogens is 315 g/mol. The van der Waals surface area contributed by atoms with Crippen LogP contribution in [0.4, 0.5) is 11.5 Å². The zero-order chi connectivity index (χ0) is 14.8. The minimum Gasteiger partial charge on any atom is -0.477 e. The van der Waals surface area contributed by atoms with Gasteiger partial charge in [-0.25, -0.2) is 9.97 Å². The molecule has 0 spiro atoms. The lowest BCUT2D eigenvalue weighted by Gasteiger charge is -2.26. The van der Waals surface area contributed by atoms with Gasteiger partial charge in [-0.1, -0.05) is 23.7 Å². The Morgan fingerprint density at radius 2 is 2.14 bits per heavy atom. The first-order chi connectivity index (χ1) is 10.1. The number of carbonyl (C=O) groups is 1. The molecular formula is C13H10Cl2N4O2. The van der Waals surface area contributed by atoms with Crippen molar-refractivity contribution in [1.29, 1.82) is 0 Å². The monoisotopic (exact) mass is 324 g/mol. The van der Waals surface area contributed by atoms with Gasteiger partial charge in [0.2, 0.25) is 5.28 Å². The highest BCUT2D eigenvalue weighted by atomic mass is 35.5. The Hall–Kier alpha value is -2.05. The van der Waals surface area contributed by atoms with Crippen LogP contribution in [0.15, 0.2) is 30.3 Å². The van der Waals surface area contributed by atoms with Crippen LogP contribution in [0, 0.1) is 0 Å². The standard InChI is InChI=1S/C13H10Cl2N4O2/c14-10-5-11(19-13(15)17-10)18-12(20)9-6-16-7-3-1-2-4-8(7)21-9/h1-5,9,16H,6H2,(H,17,18,19,20). The molecule has 8 heteroatoms. The minimum atomic E-state index is -0.674. The summed E-state index contributed by atoms with van der Waals surface area (Å²) in [5.41, 5.74) is 0.856. The molecule has 1 aromatic heterocycles. The van der Waals surface area contributed by atoms with Gasteiger partial charge in [0.1, 0.15) is 16.7 Å². The summed E-state index contributed by atoms with van der Waals surface area (Å²) in [4.78, 5) is 19.8. The zero-order valence-electron chi connectivity index (χ0n) is 10.6. The number of benzene rings is 1. The fourth-order valence-corrected chi connectivity index (χ4v) is 2.33. The molecule has 1 aliphatic heterocycles. The molecule has 108 valence electrons. The summed E-state index contributed by atoms with van der Waals surface area (Å²) in [6.45, 7) is 0.357. The van der Waals surface area contributed by atoms with Crippen molar-refractivity contribution < 1.29 is 9.53 Å². The number of para-hydroxylation sites is 2. The number of halogens is 2. The maximum Gasteiger partial charge on any atom is 0.268 e. The smallest absolute Gasteiger partial charge is 0.268 e. The van der Waals surface area contributed by atoms with Crippen molar-refractivity contribution >= 4 is 40.6 Å². The van der Waals surface area contributed by atoms with Crippen LogP contribution in [0.25, 0.3) is 0 Å². The van der Waals surface area contributed by atoms with Crippen molar-refractivity contribution in [3.8, 4) is 5.75 Å². The van der Waals surface area contributed by atoms with Crippen molar-refractivity contribution in [2.24, 2.45) is 0 Å². The molecule has 1 aromatic carbocycles. The molecule has 0 bridgehead atoms. The number of nitrogens with zero attached hydrogens (tertiary/aromatic N) is 2. The number of hydrogen-bond acceptors (Lipinski definition) is 5. The van der Waals surface area contributed by atoms with E-state index in [0.29, 0.717) is 12.3 Å². The summed E-state index contributed by atoms with van der Waals surface area (Å²) >= 11 is 11.4. The summed E-state index contributed by atoms with van der Waals surface area (Å²) in [6, 6.07) is 8.81. The van der Waals surface area contributed by atoms with Crippen LogP contribution >= 0.6 is 23.2 Å². The first-order valence-corrected chi connectivity index (χ1v) is 6.88. The average Bonchev–Trinajstić information content (AvgIpc) is 2.45. The fourth-order valence-electron chi connectivity index (χ4n) is 1.92. The molecule has 0 saturated heterocycles. The molecule has 1 unspecified atom stereocenters. The predicted octanol–water partition coefficient (Wildman–Crippen LogP) is 2.60. The van der Waals surface area contributed by atoms with Gasteiger partial charge in [0.15, 0.2) is 6.10 Å². The van der Waals surface area contributed by atoms with E-state index in [4.69, 9.17) is 27.9 Å². The Bertz CT molecular complexity index is 675. The van der Waals surface area contributed by atoms with Gasteiger partial charge in [-0.15, -0.1) is 0 Å². The van der Waals surface area contributed by atoms with E-state index in [9.17, 15) is 4.79 Å². The van der Waals surface area contributed by atoms with Crippen molar-refractivity contribution in [2.75, 3.05) is 17.2 Å². The first-order valence-electron chi connectivity index (χ1n) is 6.12. The van der Waals surface area contributed by atoms with Gasteiger partial charge in [-0.05, 0) is 23.7 Å². The van der Waals surface area contributed by atoms with Crippen LogP contribution in [0.5, 0.6) is 5.75 Å². The summed E-state index contributed by atoms with van der Waals surface area (Å²) in [6.07, 6.45) is -0.674. The molecule has 2 aromatic rings. The Morgan fingerprint density at radius 3 is 2.95 bits per heavy atom. The number of carbonyl (C=O) groups excluding carboxylic acids is 1. The van der Waals surface area contributed by atoms with Crippen LogP contribution < -0.4 is 15.4 Å². The number of fused-ring (bicyclic) bond motifs is 1. The number of amides is 1. The van der Waals surface area contributed by atoms with Crippen molar-refractivity contribution in [3.63, 3.8) is 0 Å². The number of hydrogen-bond donors (Lipinski definition) is 2. The van der Waals surface area contributed by atoms with Crippen LogP contribution in [0.1, 0.15) is 0 Å². The number of rotatable bonds is 2. The average molecular weight is 325 g/mol. The summed E-state index contributed by atoms with van der Waals surface area (Å²) in [5, 5.41) is 5.85. The van der Waals surface area contributed by atoms with Crippen LogP contribution in [0.3, 0.4) is 0 Å². The second kappa shape index (κ2) is 5.75. The van der Waals surface area contributed by atoms with E-state index in [0.717, 1.165) is 5.69 Å².